The second-order valence-corrected chi connectivity index (χ2v) is 5.17. The van der Waals surface area contributed by atoms with Crippen LogP contribution in [0.3, 0.4) is 0 Å². The second-order valence-electron chi connectivity index (χ2n) is 5.17. The number of pyridine rings is 1. The molecule has 5 heteroatoms. The molecule has 23 heavy (non-hydrogen) atoms. The predicted molar refractivity (Wildman–Crippen MR) is 81.2 cm³/mol. The smallest absolute Gasteiger partial charge is 0.294 e. The first-order chi connectivity index (χ1) is 10.9. The Labute approximate surface area is 130 Å². The van der Waals surface area contributed by atoms with Crippen LogP contribution in [0.25, 0.3) is 10.9 Å². The summed E-state index contributed by atoms with van der Waals surface area (Å²) in [6.07, 6.45) is -4.35. The van der Waals surface area contributed by atoms with Crippen molar-refractivity contribution in [3.8, 4) is 0 Å². The van der Waals surface area contributed by atoms with E-state index in [9.17, 15) is 18.0 Å². The van der Waals surface area contributed by atoms with Crippen LogP contribution in [0.15, 0.2) is 60.7 Å². The zero-order chi connectivity index (χ0) is 16.4. The number of nitrogens with zero attached hydrogens (tertiary/aromatic N) is 1. The maximum atomic E-state index is 12.5. The van der Waals surface area contributed by atoms with Gasteiger partial charge >= 0.3 is 6.18 Å². The quantitative estimate of drug-likeness (QED) is 0.657. The molecule has 2 aromatic carbocycles. The van der Waals surface area contributed by atoms with Gasteiger partial charge in [-0.05, 0) is 24.3 Å². The molecule has 3 aromatic rings. The van der Waals surface area contributed by atoms with Crippen molar-refractivity contribution < 1.29 is 18.0 Å². The Bertz CT molecular complexity index is 854. The summed E-state index contributed by atoms with van der Waals surface area (Å²) >= 11 is 0. The summed E-state index contributed by atoms with van der Waals surface area (Å²) in [5, 5.41) is 0.971. The van der Waals surface area contributed by atoms with Crippen molar-refractivity contribution in [2.24, 2.45) is 0 Å². The van der Waals surface area contributed by atoms with Gasteiger partial charge in [0.15, 0.2) is 5.78 Å². The first-order valence-corrected chi connectivity index (χ1v) is 6.98. The number of carbonyl (C=O) groups excluding carboxylic acids is 1. The topological polar surface area (TPSA) is 30.0 Å². The molecule has 2 nitrogen and oxygen atoms in total. The average Bonchev–Trinajstić information content (AvgIpc) is 2.54. The van der Waals surface area contributed by atoms with Gasteiger partial charge < -0.3 is 0 Å². The van der Waals surface area contributed by atoms with Crippen LogP contribution in [0.5, 0.6) is 0 Å². The largest absolute Gasteiger partial charge is 0.416 e. The highest BCUT2D eigenvalue weighted by Gasteiger charge is 2.30. The van der Waals surface area contributed by atoms with Crippen LogP contribution in [0.1, 0.15) is 21.6 Å². The molecule has 1 heterocycles. The highest BCUT2D eigenvalue weighted by Crippen LogP contribution is 2.29. The molecule has 0 fully saturated rings. The minimum atomic E-state index is -4.40. The Kier molecular flexibility index (Phi) is 3.86. The van der Waals surface area contributed by atoms with E-state index in [4.69, 9.17) is 0 Å². The Balaban J connectivity index is 1.80. The van der Waals surface area contributed by atoms with Crippen molar-refractivity contribution in [1.82, 2.24) is 4.98 Å². The summed E-state index contributed by atoms with van der Waals surface area (Å²) in [4.78, 5) is 16.6. The summed E-state index contributed by atoms with van der Waals surface area (Å²) in [7, 11) is 0. The molecule has 3 rings (SSSR count). The SMILES string of the molecule is O=C(Cc1ccc2ccccc2n1)c1ccc(C(F)(F)F)cc1. The molecule has 0 unspecified atom stereocenters. The molecule has 0 N–H and O–H groups in total. The van der Waals surface area contributed by atoms with Crippen molar-refractivity contribution in [3.63, 3.8) is 0 Å². The summed E-state index contributed by atoms with van der Waals surface area (Å²) in [6.45, 7) is 0. The van der Waals surface area contributed by atoms with Crippen molar-refractivity contribution in [2.75, 3.05) is 0 Å². The highest BCUT2D eigenvalue weighted by molar-refractivity contribution is 5.97. The van der Waals surface area contributed by atoms with E-state index in [0.29, 0.717) is 5.69 Å². The molecule has 0 saturated heterocycles. The van der Waals surface area contributed by atoms with Gasteiger partial charge in [0, 0.05) is 16.6 Å². The van der Waals surface area contributed by atoms with Crippen molar-refractivity contribution >= 4 is 16.7 Å². The monoisotopic (exact) mass is 315 g/mol. The molecule has 0 saturated carbocycles. The van der Waals surface area contributed by atoms with Crippen molar-refractivity contribution in [3.05, 3.63) is 77.5 Å². The number of rotatable bonds is 3. The normalized spacial score (nSPS) is 11.6. The molecule has 0 aliphatic heterocycles. The number of hydrogen-bond donors (Lipinski definition) is 0. The van der Waals surface area contributed by atoms with Crippen LogP contribution >= 0.6 is 0 Å². The standard InChI is InChI=1S/C18H12F3NO/c19-18(20,21)14-8-5-13(6-9-14)17(23)11-15-10-7-12-3-1-2-4-16(12)22-15/h1-10H,11H2. The Morgan fingerprint density at radius 2 is 1.61 bits per heavy atom. The van der Waals surface area contributed by atoms with Gasteiger partial charge in [-0.2, -0.15) is 13.2 Å². The summed E-state index contributed by atoms with van der Waals surface area (Å²) in [5.74, 6) is -0.262. The van der Waals surface area contributed by atoms with Crippen LogP contribution in [0.4, 0.5) is 13.2 Å². The third kappa shape index (κ3) is 3.39. The van der Waals surface area contributed by atoms with E-state index >= 15 is 0 Å². The molecule has 0 radical (unpaired) electrons. The molecule has 0 amide bonds. The summed E-state index contributed by atoms with van der Waals surface area (Å²) < 4.78 is 37.6. The zero-order valence-corrected chi connectivity index (χ0v) is 12.0. The van der Waals surface area contributed by atoms with Gasteiger partial charge in [0.25, 0.3) is 0 Å². The summed E-state index contributed by atoms with van der Waals surface area (Å²) in [6, 6.07) is 15.4. The Morgan fingerprint density at radius 3 is 2.30 bits per heavy atom. The van der Waals surface area contributed by atoms with Crippen LogP contribution < -0.4 is 0 Å². The Hall–Kier alpha value is -2.69. The van der Waals surface area contributed by atoms with E-state index in [-0.39, 0.29) is 17.8 Å². The molecule has 0 spiro atoms. The van der Waals surface area contributed by atoms with Gasteiger partial charge in [-0.3, -0.25) is 9.78 Å². The molecule has 0 aliphatic rings. The third-order valence-corrected chi connectivity index (χ3v) is 3.53. The second kappa shape index (κ2) is 5.83. The number of fused-ring (bicyclic) bond motifs is 1. The number of hydrogen-bond acceptors (Lipinski definition) is 2. The molecular weight excluding hydrogens is 303 g/mol. The molecule has 1 aromatic heterocycles. The van der Waals surface area contributed by atoms with E-state index < -0.39 is 11.7 Å². The number of carbonyl (C=O) groups is 1. The fourth-order valence-electron chi connectivity index (χ4n) is 2.32. The number of halogens is 3. The van der Waals surface area contributed by atoms with Gasteiger partial charge in [-0.1, -0.05) is 36.4 Å². The average molecular weight is 315 g/mol. The molecule has 0 atom stereocenters. The number of benzene rings is 2. The van der Waals surface area contributed by atoms with Crippen LogP contribution in [-0.4, -0.2) is 10.8 Å². The van der Waals surface area contributed by atoms with E-state index in [1.165, 1.54) is 12.1 Å². The first-order valence-electron chi connectivity index (χ1n) is 6.98. The lowest BCUT2D eigenvalue weighted by Crippen LogP contribution is -2.08. The van der Waals surface area contributed by atoms with Gasteiger partial charge in [0.1, 0.15) is 0 Å². The minimum absolute atomic E-state index is 0.0518. The van der Waals surface area contributed by atoms with E-state index in [1.54, 1.807) is 6.07 Å². The maximum Gasteiger partial charge on any atom is 0.416 e. The molecule has 0 bridgehead atoms. The van der Waals surface area contributed by atoms with E-state index in [2.05, 4.69) is 4.98 Å². The fraction of sp³-hybridized carbons (Fsp3) is 0.111. The maximum absolute atomic E-state index is 12.5. The lowest BCUT2D eigenvalue weighted by atomic mass is 10.0. The van der Waals surface area contributed by atoms with Gasteiger partial charge in [-0.25, -0.2) is 0 Å². The van der Waals surface area contributed by atoms with E-state index in [1.807, 2.05) is 30.3 Å². The lowest BCUT2D eigenvalue weighted by molar-refractivity contribution is -0.137. The number of Topliss-reactive ketones (excluding diaryl/α,β-unsaturated/α-hetero) is 1. The third-order valence-electron chi connectivity index (χ3n) is 3.53. The minimum Gasteiger partial charge on any atom is -0.294 e. The fourth-order valence-corrected chi connectivity index (χ4v) is 2.32. The lowest BCUT2D eigenvalue weighted by Gasteiger charge is -2.07. The van der Waals surface area contributed by atoms with Gasteiger partial charge in [-0.15, -0.1) is 0 Å². The van der Waals surface area contributed by atoms with Crippen molar-refractivity contribution in [2.45, 2.75) is 12.6 Å². The number of para-hydroxylation sites is 1. The van der Waals surface area contributed by atoms with E-state index in [0.717, 1.165) is 23.0 Å². The van der Waals surface area contributed by atoms with Gasteiger partial charge in [0.2, 0.25) is 0 Å². The van der Waals surface area contributed by atoms with Crippen LogP contribution in [0.2, 0.25) is 0 Å². The molecule has 116 valence electrons. The predicted octanol–water partition coefficient (Wildman–Crippen LogP) is 4.68. The van der Waals surface area contributed by atoms with Crippen molar-refractivity contribution in [1.29, 1.82) is 0 Å². The van der Waals surface area contributed by atoms with Crippen LogP contribution in [-0.2, 0) is 12.6 Å². The van der Waals surface area contributed by atoms with Gasteiger partial charge in [0.05, 0.1) is 17.5 Å². The number of alkyl halides is 3. The Morgan fingerprint density at radius 1 is 0.913 bits per heavy atom. The molecular formula is C18H12F3NO. The first kappa shape index (κ1) is 15.2. The highest BCUT2D eigenvalue weighted by atomic mass is 19.4. The number of aromatic nitrogens is 1. The number of ketones is 1. The zero-order valence-electron chi connectivity index (χ0n) is 12.0. The molecule has 0 aliphatic carbocycles. The van der Waals surface area contributed by atoms with Crippen LogP contribution in [0, 0.1) is 0 Å². The summed E-state index contributed by atoms with van der Waals surface area (Å²) in [5.41, 5.74) is 0.852.